The quantitative estimate of drug-likeness (QED) is 0.339. The minimum Gasteiger partial charge on any atom is -0.388 e. The number of rotatable bonds is 6. The lowest BCUT2D eigenvalue weighted by Gasteiger charge is -2.16. The number of hydrogen-bond donors (Lipinski definition) is 2. The smallest absolute Gasteiger partial charge is 0.211 e. The fraction of sp³-hybridized carbons (Fsp3) is 0.333. The number of amidine groups is 1. The van der Waals surface area contributed by atoms with Gasteiger partial charge in [0.15, 0.2) is 0 Å². The Morgan fingerprint density at radius 2 is 2.20 bits per heavy atom. The van der Waals surface area contributed by atoms with Crippen LogP contribution in [0.1, 0.15) is 18.5 Å². The first-order valence-corrected chi connectivity index (χ1v) is 8.44. The average Bonchev–Trinajstić information content (AvgIpc) is 2.28. The van der Waals surface area contributed by atoms with E-state index in [2.05, 4.69) is 19.5 Å². The molecule has 0 aliphatic heterocycles. The van der Waals surface area contributed by atoms with Crippen LogP contribution in [-0.4, -0.2) is 32.7 Å². The normalized spacial score (nSPS) is 13.8. The molecule has 0 radical (unpaired) electrons. The molecule has 1 amide bonds. The van der Waals surface area contributed by atoms with Crippen molar-refractivity contribution in [1.29, 1.82) is 0 Å². The van der Waals surface area contributed by atoms with Gasteiger partial charge in [0.1, 0.15) is 9.84 Å². The van der Waals surface area contributed by atoms with Gasteiger partial charge in [0.25, 0.3) is 0 Å². The number of sulfone groups is 1. The van der Waals surface area contributed by atoms with Gasteiger partial charge in [-0.15, -0.1) is 9.24 Å². The van der Waals surface area contributed by atoms with E-state index in [0.717, 1.165) is 11.6 Å². The van der Waals surface area contributed by atoms with E-state index in [1.807, 2.05) is 0 Å². The molecule has 20 heavy (non-hydrogen) atoms. The number of anilines is 1. The van der Waals surface area contributed by atoms with Gasteiger partial charge in [-0.05, 0) is 29.9 Å². The summed E-state index contributed by atoms with van der Waals surface area (Å²) >= 11 is 0. The van der Waals surface area contributed by atoms with Gasteiger partial charge in [0.2, 0.25) is 6.41 Å². The average molecular weight is 315 g/mol. The molecule has 2 atom stereocenters. The van der Waals surface area contributed by atoms with Gasteiger partial charge in [-0.25, -0.2) is 8.42 Å². The third kappa shape index (κ3) is 5.27. The van der Waals surface area contributed by atoms with Gasteiger partial charge in [-0.2, -0.15) is 0 Å². The number of amides is 1. The number of nitrogens with two attached hydrogens (primary N) is 1. The van der Waals surface area contributed by atoms with Crippen molar-refractivity contribution in [2.75, 3.05) is 17.3 Å². The van der Waals surface area contributed by atoms with E-state index in [1.54, 1.807) is 25.1 Å². The summed E-state index contributed by atoms with van der Waals surface area (Å²) in [6, 6.07) is 4.58. The van der Waals surface area contributed by atoms with Gasteiger partial charge in [0, 0.05) is 11.9 Å². The van der Waals surface area contributed by atoms with Crippen molar-refractivity contribution < 1.29 is 13.2 Å². The molecule has 1 aromatic rings. The molecular formula is C12H18N3O3PS. The van der Waals surface area contributed by atoms with E-state index in [1.165, 1.54) is 0 Å². The third-order valence-electron chi connectivity index (χ3n) is 2.49. The lowest BCUT2D eigenvalue weighted by Crippen LogP contribution is -2.19. The molecule has 3 N–H and O–H groups in total. The monoisotopic (exact) mass is 315 g/mol. The zero-order valence-electron chi connectivity index (χ0n) is 11.3. The number of benzene rings is 1. The van der Waals surface area contributed by atoms with Crippen molar-refractivity contribution in [3.63, 3.8) is 0 Å². The molecule has 6 nitrogen and oxygen atoms in total. The van der Waals surface area contributed by atoms with E-state index in [9.17, 15) is 13.2 Å². The number of aliphatic imine (C=N–C) groups is 1. The molecule has 0 aromatic heterocycles. The molecule has 2 unspecified atom stereocenters. The number of hydrogen-bond acceptors (Lipinski definition) is 4. The van der Waals surface area contributed by atoms with Crippen LogP contribution < -0.4 is 16.4 Å². The molecule has 0 saturated carbocycles. The number of carbonyl (C=O) groups is 1. The molecule has 0 aliphatic carbocycles. The zero-order valence-corrected chi connectivity index (χ0v) is 13.3. The maximum atomic E-state index is 11.5. The molecule has 1 rings (SSSR count). The zero-order chi connectivity index (χ0) is 15.3. The number of nitrogens with zero attached hydrogens (tertiary/aromatic N) is 1. The molecule has 0 fully saturated rings. The molecule has 0 heterocycles. The van der Waals surface area contributed by atoms with E-state index >= 15 is 0 Å². The summed E-state index contributed by atoms with van der Waals surface area (Å²) in [5.41, 5.74) is 6.84. The second-order valence-corrected chi connectivity index (χ2v) is 7.29. The van der Waals surface area contributed by atoms with Crippen molar-refractivity contribution in [2.24, 2.45) is 10.7 Å². The molecule has 0 bridgehead atoms. The van der Waals surface area contributed by atoms with Crippen LogP contribution in [0.4, 0.5) is 5.69 Å². The Hall–Kier alpha value is -1.46. The molecule has 110 valence electrons. The maximum absolute atomic E-state index is 11.5. The van der Waals surface area contributed by atoms with Crippen LogP contribution in [0, 0.1) is 0 Å². The summed E-state index contributed by atoms with van der Waals surface area (Å²) in [4.78, 5) is 14.7. The first-order valence-electron chi connectivity index (χ1n) is 5.80. The highest BCUT2D eigenvalue weighted by Gasteiger charge is 2.19. The Balaban J connectivity index is 3.28. The predicted molar refractivity (Wildman–Crippen MR) is 85.2 cm³/mol. The SMILES string of the molecule is CC(N)=NC(CS(C)(=O)=O)c1cc(NC=O)ccc1P. The number of nitrogens with one attached hydrogen (secondary N) is 1. The first-order chi connectivity index (χ1) is 9.23. The number of carbonyl (C=O) groups excluding carboxylic acids is 1. The van der Waals surface area contributed by atoms with Crippen LogP contribution >= 0.6 is 9.24 Å². The maximum Gasteiger partial charge on any atom is 0.211 e. The molecule has 1 aromatic carbocycles. The van der Waals surface area contributed by atoms with Crippen molar-refractivity contribution in [1.82, 2.24) is 0 Å². The lowest BCUT2D eigenvalue weighted by molar-refractivity contribution is -0.105. The van der Waals surface area contributed by atoms with E-state index < -0.39 is 15.9 Å². The largest absolute Gasteiger partial charge is 0.388 e. The standard InChI is InChI=1S/C12H18N3O3PS/c1-8(13)15-11(6-20(2,17)18)10-5-9(14-7-16)3-4-12(10)19/h3-5,7,11H,6,19H2,1-2H3,(H2,13,15)(H,14,16). The van der Waals surface area contributed by atoms with Gasteiger partial charge >= 0.3 is 0 Å². The highest BCUT2D eigenvalue weighted by molar-refractivity contribution is 7.90. The van der Waals surface area contributed by atoms with Crippen LogP contribution in [-0.2, 0) is 14.6 Å². The van der Waals surface area contributed by atoms with Gasteiger partial charge in [0.05, 0.1) is 17.6 Å². The lowest BCUT2D eigenvalue weighted by atomic mass is 10.1. The van der Waals surface area contributed by atoms with E-state index in [0.29, 0.717) is 23.5 Å². The highest BCUT2D eigenvalue weighted by Crippen LogP contribution is 2.22. The molecule has 8 heteroatoms. The van der Waals surface area contributed by atoms with Crippen molar-refractivity contribution in [3.05, 3.63) is 23.8 Å². The van der Waals surface area contributed by atoms with Gasteiger partial charge < -0.3 is 11.1 Å². The Kier molecular flexibility index (Phi) is 5.65. The fourth-order valence-electron chi connectivity index (χ4n) is 1.75. The highest BCUT2D eigenvalue weighted by atomic mass is 32.2. The summed E-state index contributed by atoms with van der Waals surface area (Å²) in [6.07, 6.45) is 1.71. The predicted octanol–water partition coefficient (Wildman–Crippen LogP) is 0.218. The molecular weight excluding hydrogens is 297 g/mol. The summed E-state index contributed by atoms with van der Waals surface area (Å²) in [6.45, 7) is 1.60. The molecule has 0 saturated heterocycles. The van der Waals surface area contributed by atoms with Crippen molar-refractivity contribution >= 4 is 42.3 Å². The Labute approximate surface area is 121 Å². The van der Waals surface area contributed by atoms with Crippen molar-refractivity contribution in [3.8, 4) is 0 Å². The summed E-state index contributed by atoms with van der Waals surface area (Å²) in [7, 11) is -0.696. The van der Waals surface area contributed by atoms with Gasteiger partial charge in [-0.1, -0.05) is 6.07 Å². The van der Waals surface area contributed by atoms with Crippen LogP contribution in [0.2, 0.25) is 0 Å². The van der Waals surface area contributed by atoms with Crippen LogP contribution in [0.25, 0.3) is 0 Å². The minimum atomic E-state index is -3.22. The fourth-order valence-corrected chi connectivity index (χ4v) is 2.95. The Bertz CT molecular complexity index is 625. The van der Waals surface area contributed by atoms with Gasteiger partial charge in [-0.3, -0.25) is 9.79 Å². The van der Waals surface area contributed by atoms with Crippen molar-refractivity contribution in [2.45, 2.75) is 13.0 Å². The summed E-state index contributed by atoms with van der Waals surface area (Å²) in [5.74, 6) is 0.157. The Morgan fingerprint density at radius 1 is 1.55 bits per heavy atom. The second-order valence-electron chi connectivity index (χ2n) is 4.48. The first kappa shape index (κ1) is 16.6. The summed E-state index contributed by atoms with van der Waals surface area (Å²) < 4.78 is 23.1. The molecule has 0 spiro atoms. The third-order valence-corrected chi connectivity index (χ3v) is 3.94. The van der Waals surface area contributed by atoms with Crippen LogP contribution in [0.15, 0.2) is 23.2 Å². The van der Waals surface area contributed by atoms with Crippen LogP contribution in [0.5, 0.6) is 0 Å². The summed E-state index contributed by atoms with van der Waals surface area (Å²) in [5, 5.41) is 3.33. The van der Waals surface area contributed by atoms with Crippen LogP contribution in [0.3, 0.4) is 0 Å². The van der Waals surface area contributed by atoms with E-state index in [-0.39, 0.29) is 5.75 Å². The second kappa shape index (κ2) is 6.81. The topological polar surface area (TPSA) is 102 Å². The Morgan fingerprint density at radius 3 is 2.70 bits per heavy atom. The van der Waals surface area contributed by atoms with E-state index in [4.69, 9.17) is 5.73 Å². The molecule has 0 aliphatic rings. The minimum absolute atomic E-state index is 0.145.